The molecule has 0 aliphatic carbocycles. The molecule has 1 aromatic carbocycles. The predicted octanol–water partition coefficient (Wildman–Crippen LogP) is 3.68. The van der Waals surface area contributed by atoms with Gasteiger partial charge in [-0.15, -0.1) is 11.8 Å². The number of hydrogen-bond donors (Lipinski definition) is 1. The fourth-order valence-electron chi connectivity index (χ4n) is 2.21. The largest absolute Gasteiger partial charge is 0.468 e. The highest BCUT2D eigenvalue weighted by atomic mass is 32.2. The van der Waals surface area contributed by atoms with Crippen molar-refractivity contribution in [3.63, 3.8) is 0 Å². The van der Waals surface area contributed by atoms with Crippen LogP contribution in [0.4, 0.5) is 10.5 Å². The minimum atomic E-state index is -0.569. The van der Waals surface area contributed by atoms with Gasteiger partial charge in [0.15, 0.2) is 0 Å². The number of thioether (sulfide) groups is 1. The molecule has 0 atom stereocenters. The zero-order valence-corrected chi connectivity index (χ0v) is 18.1. The molecular weight excluding hydrogens is 380 g/mol. The van der Waals surface area contributed by atoms with E-state index < -0.39 is 11.7 Å². The van der Waals surface area contributed by atoms with E-state index in [-0.39, 0.29) is 24.1 Å². The van der Waals surface area contributed by atoms with Gasteiger partial charge in [0.25, 0.3) is 0 Å². The third-order valence-electron chi connectivity index (χ3n) is 3.61. The summed E-state index contributed by atoms with van der Waals surface area (Å²) in [6, 6.07) is 7.36. The maximum absolute atomic E-state index is 12.4. The van der Waals surface area contributed by atoms with Gasteiger partial charge in [-0.25, -0.2) is 4.79 Å². The molecule has 1 aromatic rings. The van der Waals surface area contributed by atoms with Crippen LogP contribution in [-0.2, 0) is 25.6 Å². The molecular formula is C20H30N2O5S. The molecule has 0 heterocycles. The average molecular weight is 411 g/mol. The quantitative estimate of drug-likeness (QED) is 0.494. The number of para-hydroxylation sites is 1. The van der Waals surface area contributed by atoms with E-state index in [0.29, 0.717) is 24.5 Å². The molecule has 0 radical (unpaired) electrons. The summed E-state index contributed by atoms with van der Waals surface area (Å²) >= 11 is 1.35. The molecule has 0 aliphatic rings. The minimum absolute atomic E-state index is 0.148. The summed E-state index contributed by atoms with van der Waals surface area (Å²) in [6.07, 6.45) is -0.116. The van der Waals surface area contributed by atoms with Crippen molar-refractivity contribution in [1.82, 2.24) is 4.90 Å². The van der Waals surface area contributed by atoms with Gasteiger partial charge in [-0.2, -0.15) is 0 Å². The van der Waals surface area contributed by atoms with Crippen molar-refractivity contribution < 1.29 is 23.9 Å². The third-order valence-corrected chi connectivity index (χ3v) is 4.54. The Labute approximate surface area is 171 Å². The lowest BCUT2D eigenvalue weighted by atomic mass is 10.1. The fourth-order valence-corrected chi connectivity index (χ4v) is 2.97. The smallest absolute Gasteiger partial charge is 0.410 e. The molecule has 0 fully saturated rings. The van der Waals surface area contributed by atoms with Crippen LogP contribution in [0.15, 0.2) is 24.3 Å². The lowest BCUT2D eigenvalue weighted by Gasteiger charge is -2.27. The van der Waals surface area contributed by atoms with Gasteiger partial charge in [-0.05, 0) is 39.3 Å². The zero-order valence-electron chi connectivity index (χ0n) is 17.2. The van der Waals surface area contributed by atoms with Gasteiger partial charge in [0.1, 0.15) is 5.60 Å². The SMILES string of the molecule is CCN(Cc1ccccc1NC(=O)CCSCC(=O)OC)C(=O)OC(C)(C)C. The van der Waals surface area contributed by atoms with Gasteiger partial charge in [0.05, 0.1) is 19.4 Å². The molecule has 0 aromatic heterocycles. The Morgan fingerprint density at radius 2 is 1.86 bits per heavy atom. The molecule has 2 amide bonds. The number of amides is 2. The third kappa shape index (κ3) is 9.12. The molecule has 0 saturated heterocycles. The molecule has 0 saturated carbocycles. The number of nitrogens with zero attached hydrogens (tertiary/aromatic N) is 1. The molecule has 1 rings (SSSR count). The second-order valence-electron chi connectivity index (χ2n) is 7.08. The number of methoxy groups -OCH3 is 1. The first-order valence-electron chi connectivity index (χ1n) is 9.16. The van der Waals surface area contributed by atoms with Gasteiger partial charge < -0.3 is 19.7 Å². The van der Waals surface area contributed by atoms with Crippen molar-refractivity contribution >= 4 is 35.4 Å². The lowest BCUT2D eigenvalue weighted by molar-refractivity contribution is -0.137. The summed E-state index contributed by atoms with van der Waals surface area (Å²) in [5.74, 6) is 0.284. The Morgan fingerprint density at radius 3 is 2.46 bits per heavy atom. The molecule has 156 valence electrons. The maximum Gasteiger partial charge on any atom is 0.410 e. The minimum Gasteiger partial charge on any atom is -0.468 e. The monoisotopic (exact) mass is 410 g/mol. The molecule has 0 unspecified atom stereocenters. The van der Waals surface area contributed by atoms with E-state index in [9.17, 15) is 14.4 Å². The molecule has 0 aliphatic heterocycles. The predicted molar refractivity (Wildman–Crippen MR) is 111 cm³/mol. The van der Waals surface area contributed by atoms with Crippen molar-refractivity contribution in [1.29, 1.82) is 0 Å². The normalized spacial score (nSPS) is 10.9. The number of hydrogen-bond acceptors (Lipinski definition) is 6. The van der Waals surface area contributed by atoms with E-state index >= 15 is 0 Å². The molecule has 7 nitrogen and oxygen atoms in total. The summed E-state index contributed by atoms with van der Waals surface area (Å²) in [5.41, 5.74) is 0.915. The standard InChI is InChI=1S/C20H30N2O5S/c1-6-22(19(25)27-20(2,3)4)13-15-9-7-8-10-16(15)21-17(23)11-12-28-14-18(24)26-5/h7-10H,6,11-14H2,1-5H3,(H,21,23). The number of anilines is 1. The Hall–Kier alpha value is -2.22. The van der Waals surface area contributed by atoms with Crippen LogP contribution in [0.25, 0.3) is 0 Å². The van der Waals surface area contributed by atoms with Crippen molar-refractivity contribution in [3.8, 4) is 0 Å². The van der Waals surface area contributed by atoms with E-state index in [4.69, 9.17) is 4.74 Å². The van der Waals surface area contributed by atoms with Crippen LogP contribution in [0, 0.1) is 0 Å². The summed E-state index contributed by atoms with van der Waals surface area (Å²) in [7, 11) is 1.34. The highest BCUT2D eigenvalue weighted by molar-refractivity contribution is 7.99. The topological polar surface area (TPSA) is 84.9 Å². The van der Waals surface area contributed by atoms with Crippen LogP contribution < -0.4 is 5.32 Å². The Bertz CT molecular complexity index is 673. The summed E-state index contributed by atoms with van der Waals surface area (Å²) in [5, 5.41) is 2.88. The van der Waals surface area contributed by atoms with Crippen molar-refractivity contribution in [2.75, 3.05) is 30.5 Å². The Balaban J connectivity index is 2.67. The van der Waals surface area contributed by atoms with Crippen LogP contribution in [0.5, 0.6) is 0 Å². The van der Waals surface area contributed by atoms with Gasteiger partial charge in [0, 0.05) is 24.4 Å². The second-order valence-corrected chi connectivity index (χ2v) is 8.18. The molecule has 0 spiro atoms. The number of benzene rings is 1. The van der Waals surface area contributed by atoms with E-state index in [0.717, 1.165) is 5.56 Å². The average Bonchev–Trinajstić information content (AvgIpc) is 2.62. The summed E-state index contributed by atoms with van der Waals surface area (Å²) < 4.78 is 10.00. The van der Waals surface area contributed by atoms with Crippen molar-refractivity contribution in [3.05, 3.63) is 29.8 Å². The highest BCUT2D eigenvalue weighted by Gasteiger charge is 2.22. The van der Waals surface area contributed by atoms with E-state index in [2.05, 4.69) is 10.1 Å². The molecule has 28 heavy (non-hydrogen) atoms. The Morgan fingerprint density at radius 1 is 1.18 bits per heavy atom. The van der Waals surface area contributed by atoms with E-state index in [1.54, 1.807) is 11.0 Å². The number of esters is 1. The summed E-state index contributed by atoms with van der Waals surface area (Å²) in [6.45, 7) is 8.17. The first-order valence-corrected chi connectivity index (χ1v) is 10.3. The fraction of sp³-hybridized carbons (Fsp3) is 0.550. The highest BCUT2D eigenvalue weighted by Crippen LogP contribution is 2.19. The van der Waals surface area contributed by atoms with Crippen molar-refractivity contribution in [2.45, 2.75) is 46.3 Å². The number of carbonyl (C=O) groups excluding carboxylic acids is 3. The lowest BCUT2D eigenvalue weighted by Crippen LogP contribution is -2.36. The van der Waals surface area contributed by atoms with Gasteiger partial charge >= 0.3 is 12.1 Å². The molecule has 0 bridgehead atoms. The second kappa shape index (κ2) is 11.6. The van der Waals surface area contributed by atoms with Gasteiger partial charge in [-0.3, -0.25) is 9.59 Å². The number of rotatable bonds is 9. The van der Waals surface area contributed by atoms with Crippen LogP contribution in [0.2, 0.25) is 0 Å². The van der Waals surface area contributed by atoms with Crippen LogP contribution in [0.1, 0.15) is 39.7 Å². The first kappa shape index (κ1) is 23.8. The number of carbonyl (C=O) groups is 3. The molecule has 1 N–H and O–H groups in total. The van der Waals surface area contributed by atoms with Crippen molar-refractivity contribution in [2.24, 2.45) is 0 Å². The first-order chi connectivity index (χ1) is 13.2. The van der Waals surface area contributed by atoms with Crippen LogP contribution >= 0.6 is 11.8 Å². The van der Waals surface area contributed by atoms with E-state index in [1.165, 1.54) is 18.9 Å². The number of ether oxygens (including phenoxy) is 2. The van der Waals surface area contributed by atoms with Crippen LogP contribution in [-0.4, -0.2) is 53.6 Å². The summed E-state index contributed by atoms with van der Waals surface area (Å²) in [4.78, 5) is 37.2. The number of nitrogens with one attached hydrogen (secondary N) is 1. The molecule has 8 heteroatoms. The maximum atomic E-state index is 12.4. The Kier molecular flexibility index (Phi) is 9.85. The van der Waals surface area contributed by atoms with Gasteiger partial charge in [0.2, 0.25) is 5.91 Å². The van der Waals surface area contributed by atoms with Crippen LogP contribution in [0.3, 0.4) is 0 Å². The van der Waals surface area contributed by atoms with E-state index in [1.807, 2.05) is 45.9 Å². The zero-order chi connectivity index (χ0) is 21.2. The van der Waals surface area contributed by atoms with Gasteiger partial charge in [-0.1, -0.05) is 18.2 Å².